The molecule has 1 N–H and O–H groups in total. The largest absolute Gasteiger partial charge is 0.372 e. The van der Waals surface area contributed by atoms with Crippen LogP contribution in [0.25, 0.3) is 5.57 Å². The Hall–Kier alpha value is -3.26. The number of aliphatic hydroxyl groups excluding tert-OH is 1. The van der Waals surface area contributed by atoms with Crippen molar-refractivity contribution in [2.75, 3.05) is 19.0 Å². The molecule has 0 aromatic carbocycles. The van der Waals surface area contributed by atoms with Crippen molar-refractivity contribution >= 4 is 17.3 Å². The summed E-state index contributed by atoms with van der Waals surface area (Å²) in [6.45, 7) is 5.88. The number of rotatable bonds is 4. The van der Waals surface area contributed by atoms with E-state index in [0.29, 0.717) is 11.6 Å². The highest BCUT2D eigenvalue weighted by Gasteiger charge is 2.31. The minimum absolute atomic E-state index is 0.0574. The number of aryl methyl sites for hydroxylation is 1. The second-order valence-corrected chi connectivity index (χ2v) is 8.08. The van der Waals surface area contributed by atoms with Crippen LogP contribution in [0.4, 0.5) is 5.82 Å². The van der Waals surface area contributed by atoms with Gasteiger partial charge < -0.3 is 14.9 Å². The van der Waals surface area contributed by atoms with Gasteiger partial charge in [-0.25, -0.2) is 9.97 Å². The van der Waals surface area contributed by atoms with Crippen molar-refractivity contribution in [3.05, 3.63) is 66.5 Å². The Morgan fingerprint density at radius 1 is 1.27 bits per heavy atom. The molecule has 158 valence electrons. The summed E-state index contributed by atoms with van der Waals surface area (Å²) < 4.78 is 1.57. The SMILES string of the molecule is Cc1ncc(C2=C/C=C/C(C)(C)C(O)N(c3ccn(CC(=O)N(C)C)n3)\C=C\2)cn1. The molecular formula is C22H28N6O2. The number of aromatic nitrogens is 4. The van der Waals surface area contributed by atoms with Crippen LogP contribution in [0, 0.1) is 12.3 Å². The molecule has 2 aromatic heterocycles. The van der Waals surface area contributed by atoms with Gasteiger partial charge in [0.1, 0.15) is 18.6 Å². The molecule has 8 heteroatoms. The standard InChI is InChI=1S/C22H28N6O2/c1-16-23-13-18(14-24-16)17-7-6-10-22(2,3)21(30)28(12-8-17)19-9-11-27(25-19)15-20(29)26(4)5/h6-14,21,30H,15H2,1-5H3/b10-6+,12-8+,17-7+. The van der Waals surface area contributed by atoms with Crippen LogP contribution in [-0.2, 0) is 11.3 Å². The van der Waals surface area contributed by atoms with Crippen LogP contribution in [0.15, 0.2) is 55.2 Å². The first-order chi connectivity index (χ1) is 14.2. The molecule has 0 spiro atoms. The quantitative estimate of drug-likeness (QED) is 0.836. The van der Waals surface area contributed by atoms with Crippen LogP contribution >= 0.6 is 0 Å². The Balaban J connectivity index is 1.96. The summed E-state index contributed by atoms with van der Waals surface area (Å²) in [5.41, 5.74) is 1.23. The zero-order valence-electron chi connectivity index (χ0n) is 18.0. The number of carbonyl (C=O) groups is 1. The molecular weight excluding hydrogens is 380 g/mol. The molecule has 0 fully saturated rings. The molecule has 1 unspecified atom stereocenters. The van der Waals surface area contributed by atoms with Gasteiger partial charge in [0.2, 0.25) is 5.91 Å². The molecule has 30 heavy (non-hydrogen) atoms. The molecule has 0 saturated heterocycles. The lowest BCUT2D eigenvalue weighted by molar-refractivity contribution is -0.129. The van der Waals surface area contributed by atoms with Gasteiger partial charge in [-0.15, -0.1) is 0 Å². The average molecular weight is 409 g/mol. The van der Waals surface area contributed by atoms with Crippen LogP contribution in [0.1, 0.15) is 25.2 Å². The molecule has 1 aliphatic rings. The summed E-state index contributed by atoms with van der Waals surface area (Å²) >= 11 is 0. The minimum Gasteiger partial charge on any atom is -0.372 e. The average Bonchev–Trinajstić information content (AvgIpc) is 3.16. The number of hydrogen-bond donors (Lipinski definition) is 1. The van der Waals surface area contributed by atoms with Crippen LogP contribution in [0.2, 0.25) is 0 Å². The van der Waals surface area contributed by atoms with E-state index in [0.717, 1.165) is 11.1 Å². The van der Waals surface area contributed by atoms with E-state index < -0.39 is 11.6 Å². The number of aliphatic hydroxyl groups is 1. The monoisotopic (exact) mass is 408 g/mol. The third kappa shape index (κ3) is 4.83. The van der Waals surface area contributed by atoms with E-state index >= 15 is 0 Å². The van der Waals surface area contributed by atoms with Gasteiger partial charge in [-0.2, -0.15) is 5.10 Å². The van der Waals surface area contributed by atoms with Crippen LogP contribution < -0.4 is 4.90 Å². The zero-order valence-corrected chi connectivity index (χ0v) is 18.0. The number of anilines is 1. The van der Waals surface area contributed by atoms with Crippen LogP contribution in [-0.4, -0.2) is 56.0 Å². The third-order valence-electron chi connectivity index (χ3n) is 4.95. The van der Waals surface area contributed by atoms with Gasteiger partial charge in [0.15, 0.2) is 5.82 Å². The van der Waals surface area contributed by atoms with E-state index in [1.54, 1.807) is 54.5 Å². The Morgan fingerprint density at radius 2 is 1.97 bits per heavy atom. The topological polar surface area (TPSA) is 87.4 Å². The maximum absolute atomic E-state index is 12.0. The smallest absolute Gasteiger partial charge is 0.243 e. The maximum Gasteiger partial charge on any atom is 0.243 e. The number of carbonyl (C=O) groups excluding carboxylic acids is 1. The minimum atomic E-state index is -0.861. The van der Waals surface area contributed by atoms with Gasteiger partial charge in [-0.3, -0.25) is 9.48 Å². The van der Waals surface area contributed by atoms with Crippen LogP contribution in [0.3, 0.4) is 0 Å². The van der Waals surface area contributed by atoms with E-state index in [1.165, 1.54) is 4.90 Å². The fourth-order valence-corrected chi connectivity index (χ4v) is 2.93. The summed E-state index contributed by atoms with van der Waals surface area (Å²) in [6, 6.07) is 1.78. The first kappa shape index (κ1) is 21.4. The van der Waals surface area contributed by atoms with Crippen molar-refractivity contribution in [1.82, 2.24) is 24.6 Å². The van der Waals surface area contributed by atoms with Crippen molar-refractivity contribution in [3.8, 4) is 0 Å². The highest BCUT2D eigenvalue weighted by Crippen LogP contribution is 2.31. The van der Waals surface area contributed by atoms with Crippen molar-refractivity contribution in [1.29, 1.82) is 0 Å². The Morgan fingerprint density at radius 3 is 2.63 bits per heavy atom. The first-order valence-electron chi connectivity index (χ1n) is 9.74. The van der Waals surface area contributed by atoms with Gasteiger partial charge in [-0.1, -0.05) is 32.1 Å². The maximum atomic E-state index is 12.0. The molecule has 8 nitrogen and oxygen atoms in total. The van der Waals surface area contributed by atoms with Gasteiger partial charge in [0.05, 0.1) is 0 Å². The first-order valence-corrected chi connectivity index (χ1v) is 9.74. The molecule has 3 rings (SSSR count). The molecule has 0 radical (unpaired) electrons. The number of hydrogen-bond acceptors (Lipinski definition) is 6. The van der Waals surface area contributed by atoms with Crippen LogP contribution in [0.5, 0.6) is 0 Å². The molecule has 3 heterocycles. The number of likely N-dealkylation sites (N-methyl/N-ethyl adjacent to an activating group) is 1. The summed E-state index contributed by atoms with van der Waals surface area (Å²) in [6.07, 6.45) is 14.0. The van der Waals surface area contributed by atoms with E-state index in [2.05, 4.69) is 15.1 Å². The molecule has 1 amide bonds. The van der Waals surface area contributed by atoms with Gasteiger partial charge in [0, 0.05) is 55.9 Å². The predicted octanol–water partition coefficient (Wildman–Crippen LogP) is 2.39. The lowest BCUT2D eigenvalue weighted by atomic mass is 9.89. The third-order valence-corrected chi connectivity index (χ3v) is 4.95. The van der Waals surface area contributed by atoms with Crippen molar-refractivity contribution in [3.63, 3.8) is 0 Å². The fourth-order valence-electron chi connectivity index (χ4n) is 2.93. The van der Waals surface area contributed by atoms with Gasteiger partial charge >= 0.3 is 0 Å². The second-order valence-electron chi connectivity index (χ2n) is 8.08. The zero-order chi connectivity index (χ0) is 21.9. The molecule has 2 aromatic rings. The predicted molar refractivity (Wildman–Crippen MR) is 116 cm³/mol. The van der Waals surface area contributed by atoms with E-state index in [1.807, 2.05) is 45.1 Å². The lowest BCUT2D eigenvalue weighted by Crippen LogP contribution is -2.42. The second kappa shape index (κ2) is 8.62. The van der Waals surface area contributed by atoms with Crippen molar-refractivity contribution in [2.24, 2.45) is 5.41 Å². The fraction of sp³-hybridized carbons (Fsp3) is 0.364. The Labute approximate surface area is 176 Å². The highest BCUT2D eigenvalue weighted by atomic mass is 16.3. The van der Waals surface area contributed by atoms with E-state index in [4.69, 9.17) is 0 Å². The molecule has 1 atom stereocenters. The number of nitrogens with zero attached hydrogens (tertiary/aromatic N) is 6. The summed E-state index contributed by atoms with van der Waals surface area (Å²) in [5, 5.41) is 15.6. The van der Waals surface area contributed by atoms with Crippen molar-refractivity contribution in [2.45, 2.75) is 33.5 Å². The molecule has 0 saturated carbocycles. The molecule has 0 bridgehead atoms. The summed E-state index contributed by atoms with van der Waals surface area (Å²) in [4.78, 5) is 23.8. The Bertz CT molecular complexity index is 985. The number of amides is 1. The normalized spacial score (nSPS) is 22.3. The van der Waals surface area contributed by atoms with E-state index in [9.17, 15) is 9.90 Å². The Kier molecular flexibility index (Phi) is 6.17. The van der Waals surface area contributed by atoms with Gasteiger partial charge in [-0.05, 0) is 18.6 Å². The van der Waals surface area contributed by atoms with Gasteiger partial charge in [0.25, 0.3) is 0 Å². The number of allylic oxidation sites excluding steroid dienone is 4. The van der Waals surface area contributed by atoms with Crippen molar-refractivity contribution < 1.29 is 9.90 Å². The molecule has 0 aliphatic carbocycles. The highest BCUT2D eigenvalue weighted by molar-refractivity contribution is 5.76. The summed E-state index contributed by atoms with van der Waals surface area (Å²) in [7, 11) is 3.41. The molecule has 1 aliphatic heterocycles. The lowest BCUT2D eigenvalue weighted by Gasteiger charge is -2.34. The van der Waals surface area contributed by atoms with E-state index in [-0.39, 0.29) is 12.5 Å². The summed E-state index contributed by atoms with van der Waals surface area (Å²) in [5.74, 6) is 1.20.